The summed E-state index contributed by atoms with van der Waals surface area (Å²) in [6.07, 6.45) is 2.14. The van der Waals surface area contributed by atoms with Crippen molar-refractivity contribution in [2.45, 2.75) is 19.9 Å². The van der Waals surface area contributed by atoms with Crippen LogP contribution in [-0.4, -0.2) is 72.9 Å². The smallest absolute Gasteiger partial charge is 0.225 e. The van der Waals surface area contributed by atoms with Crippen LogP contribution in [0.25, 0.3) is 0 Å². The van der Waals surface area contributed by atoms with Crippen LogP contribution in [0.2, 0.25) is 0 Å². The van der Waals surface area contributed by atoms with E-state index in [1.165, 1.54) is 0 Å². The minimum Gasteiger partial charge on any atom is -0.354 e. The molecule has 0 radical (unpaired) electrons. The fourth-order valence-corrected chi connectivity index (χ4v) is 3.37. The van der Waals surface area contributed by atoms with E-state index >= 15 is 0 Å². The number of hydrogen-bond acceptors (Lipinski definition) is 5. The Kier molecular flexibility index (Phi) is 5.53. The standard InChI is InChI=1S/C18H27N5O2/c1-3-22-6-8-23(9-7-22)16-5-4-14(11-19-16)12-20-18(25)15-10-17(24)21(2)13-15/h4-5,11,15H,3,6-10,12-13H2,1-2H3,(H,20,25). The van der Waals surface area contributed by atoms with Gasteiger partial charge in [-0.05, 0) is 18.2 Å². The van der Waals surface area contributed by atoms with Gasteiger partial charge in [0.25, 0.3) is 0 Å². The second kappa shape index (κ2) is 7.82. The highest BCUT2D eigenvalue weighted by Crippen LogP contribution is 2.17. The number of aromatic nitrogens is 1. The third-order valence-electron chi connectivity index (χ3n) is 5.13. The Balaban J connectivity index is 1.48. The Morgan fingerprint density at radius 1 is 1.28 bits per heavy atom. The van der Waals surface area contributed by atoms with Gasteiger partial charge in [-0.15, -0.1) is 0 Å². The van der Waals surface area contributed by atoms with E-state index in [9.17, 15) is 9.59 Å². The molecular weight excluding hydrogens is 318 g/mol. The van der Waals surface area contributed by atoms with Gasteiger partial charge in [0.15, 0.2) is 0 Å². The first-order valence-corrected chi connectivity index (χ1v) is 9.00. The molecule has 0 spiro atoms. The summed E-state index contributed by atoms with van der Waals surface area (Å²) in [5.41, 5.74) is 0.974. The molecule has 0 aromatic carbocycles. The van der Waals surface area contributed by atoms with Gasteiger partial charge in [0.2, 0.25) is 11.8 Å². The largest absolute Gasteiger partial charge is 0.354 e. The van der Waals surface area contributed by atoms with Crippen LogP contribution in [0.15, 0.2) is 18.3 Å². The van der Waals surface area contributed by atoms with Gasteiger partial charge in [-0.25, -0.2) is 4.98 Å². The second-order valence-electron chi connectivity index (χ2n) is 6.84. The fourth-order valence-electron chi connectivity index (χ4n) is 3.37. The van der Waals surface area contributed by atoms with Gasteiger partial charge in [0, 0.05) is 58.9 Å². The van der Waals surface area contributed by atoms with E-state index in [-0.39, 0.29) is 17.7 Å². The summed E-state index contributed by atoms with van der Waals surface area (Å²) in [5, 5.41) is 2.92. The monoisotopic (exact) mass is 345 g/mol. The van der Waals surface area contributed by atoms with Crippen LogP contribution in [0, 0.1) is 5.92 Å². The number of anilines is 1. The summed E-state index contributed by atoms with van der Waals surface area (Å²) in [6.45, 7) is 8.39. The number of rotatable bonds is 5. The highest BCUT2D eigenvalue weighted by Gasteiger charge is 2.31. The molecule has 0 saturated carbocycles. The lowest BCUT2D eigenvalue weighted by atomic mass is 10.1. The molecule has 2 amide bonds. The molecule has 2 fully saturated rings. The second-order valence-corrected chi connectivity index (χ2v) is 6.84. The van der Waals surface area contributed by atoms with Crippen molar-refractivity contribution in [3.63, 3.8) is 0 Å². The molecule has 136 valence electrons. The minimum absolute atomic E-state index is 0.0364. The molecule has 3 heterocycles. The maximum atomic E-state index is 12.2. The molecule has 1 atom stereocenters. The number of amides is 2. The van der Waals surface area contributed by atoms with Crippen molar-refractivity contribution in [3.05, 3.63) is 23.9 Å². The molecule has 7 nitrogen and oxygen atoms in total. The van der Waals surface area contributed by atoms with Gasteiger partial charge >= 0.3 is 0 Å². The van der Waals surface area contributed by atoms with Crippen LogP contribution in [0.4, 0.5) is 5.82 Å². The van der Waals surface area contributed by atoms with Crippen LogP contribution in [0.3, 0.4) is 0 Å². The van der Waals surface area contributed by atoms with Crippen molar-refractivity contribution in [1.29, 1.82) is 0 Å². The number of carbonyl (C=O) groups is 2. The van der Waals surface area contributed by atoms with Crippen LogP contribution >= 0.6 is 0 Å². The third kappa shape index (κ3) is 4.28. The molecule has 25 heavy (non-hydrogen) atoms. The van der Waals surface area contributed by atoms with Crippen molar-refractivity contribution in [2.24, 2.45) is 5.92 Å². The number of piperazine rings is 1. The summed E-state index contributed by atoms with van der Waals surface area (Å²) in [7, 11) is 1.73. The van der Waals surface area contributed by atoms with Crippen LogP contribution in [0.5, 0.6) is 0 Å². The first-order chi connectivity index (χ1) is 12.1. The number of carbonyl (C=O) groups excluding carboxylic acids is 2. The van der Waals surface area contributed by atoms with E-state index < -0.39 is 0 Å². The van der Waals surface area contributed by atoms with Gasteiger partial charge in [0.1, 0.15) is 5.82 Å². The van der Waals surface area contributed by atoms with Crippen molar-refractivity contribution >= 4 is 17.6 Å². The Labute approximate surface area is 149 Å². The Morgan fingerprint density at radius 2 is 2.04 bits per heavy atom. The van der Waals surface area contributed by atoms with Crippen LogP contribution < -0.4 is 10.2 Å². The first kappa shape index (κ1) is 17.7. The molecule has 1 aromatic heterocycles. The normalized spacial score (nSPS) is 21.7. The zero-order valence-electron chi connectivity index (χ0n) is 15.1. The summed E-state index contributed by atoms with van der Waals surface area (Å²) < 4.78 is 0. The Morgan fingerprint density at radius 3 is 2.60 bits per heavy atom. The fraction of sp³-hybridized carbons (Fsp3) is 0.611. The van der Waals surface area contributed by atoms with Crippen molar-refractivity contribution in [1.82, 2.24) is 20.1 Å². The minimum atomic E-state index is -0.236. The summed E-state index contributed by atoms with van der Waals surface area (Å²) in [4.78, 5) is 34.6. The van der Waals surface area contributed by atoms with Gasteiger partial charge in [-0.1, -0.05) is 13.0 Å². The molecular formula is C18H27N5O2. The summed E-state index contributed by atoms with van der Waals surface area (Å²) in [6, 6.07) is 4.04. The Hall–Kier alpha value is -2.15. The number of likely N-dealkylation sites (N-methyl/N-ethyl adjacent to an activating group) is 1. The highest BCUT2D eigenvalue weighted by molar-refractivity contribution is 5.89. The van der Waals surface area contributed by atoms with E-state index in [0.29, 0.717) is 19.5 Å². The molecule has 1 aromatic rings. The number of hydrogen-bond donors (Lipinski definition) is 1. The Bertz CT molecular complexity index is 610. The maximum absolute atomic E-state index is 12.2. The molecule has 2 saturated heterocycles. The maximum Gasteiger partial charge on any atom is 0.225 e. The molecule has 7 heteroatoms. The lowest BCUT2D eigenvalue weighted by molar-refractivity contribution is -0.128. The highest BCUT2D eigenvalue weighted by atomic mass is 16.2. The van der Waals surface area contributed by atoms with E-state index in [4.69, 9.17) is 0 Å². The molecule has 1 N–H and O–H groups in total. The van der Waals surface area contributed by atoms with Gasteiger partial charge in [-0.2, -0.15) is 0 Å². The zero-order valence-corrected chi connectivity index (χ0v) is 15.1. The average Bonchev–Trinajstić information content (AvgIpc) is 2.99. The van der Waals surface area contributed by atoms with Crippen molar-refractivity contribution in [2.75, 3.05) is 51.2 Å². The molecule has 2 aliphatic rings. The van der Waals surface area contributed by atoms with Crippen molar-refractivity contribution in [3.8, 4) is 0 Å². The SMILES string of the molecule is CCN1CCN(c2ccc(CNC(=O)C3CC(=O)N(C)C3)cn2)CC1. The predicted octanol–water partition coefficient (Wildman–Crippen LogP) is 0.318. The lowest BCUT2D eigenvalue weighted by Crippen LogP contribution is -2.46. The van der Waals surface area contributed by atoms with Gasteiger partial charge in [-0.3, -0.25) is 9.59 Å². The molecule has 3 rings (SSSR count). The number of likely N-dealkylation sites (tertiary alicyclic amines) is 1. The van der Waals surface area contributed by atoms with E-state index in [2.05, 4.69) is 27.0 Å². The lowest BCUT2D eigenvalue weighted by Gasteiger charge is -2.34. The van der Waals surface area contributed by atoms with Gasteiger partial charge < -0.3 is 20.0 Å². The number of nitrogens with zero attached hydrogens (tertiary/aromatic N) is 4. The topological polar surface area (TPSA) is 68.8 Å². The summed E-state index contributed by atoms with van der Waals surface area (Å²) >= 11 is 0. The van der Waals surface area contributed by atoms with E-state index in [1.54, 1.807) is 11.9 Å². The average molecular weight is 345 g/mol. The van der Waals surface area contributed by atoms with Crippen LogP contribution in [-0.2, 0) is 16.1 Å². The number of nitrogens with one attached hydrogen (secondary N) is 1. The van der Waals surface area contributed by atoms with Crippen molar-refractivity contribution < 1.29 is 9.59 Å². The quantitative estimate of drug-likeness (QED) is 0.832. The molecule has 1 unspecified atom stereocenters. The zero-order chi connectivity index (χ0) is 17.8. The van der Waals surface area contributed by atoms with Gasteiger partial charge in [0.05, 0.1) is 5.92 Å². The van der Waals surface area contributed by atoms with E-state index in [0.717, 1.165) is 44.1 Å². The van der Waals surface area contributed by atoms with E-state index in [1.807, 2.05) is 18.3 Å². The molecule has 0 aliphatic carbocycles. The third-order valence-corrected chi connectivity index (χ3v) is 5.13. The molecule has 2 aliphatic heterocycles. The number of pyridine rings is 1. The first-order valence-electron chi connectivity index (χ1n) is 9.00. The summed E-state index contributed by atoms with van der Waals surface area (Å²) in [5.74, 6) is 0.736. The predicted molar refractivity (Wildman–Crippen MR) is 96.2 cm³/mol. The molecule has 0 bridgehead atoms. The van der Waals surface area contributed by atoms with Crippen LogP contribution in [0.1, 0.15) is 18.9 Å².